The van der Waals surface area contributed by atoms with Gasteiger partial charge in [-0.2, -0.15) is 5.10 Å². The Morgan fingerprint density at radius 3 is 2.68 bits per heavy atom. The summed E-state index contributed by atoms with van der Waals surface area (Å²) >= 11 is 7.29. The summed E-state index contributed by atoms with van der Waals surface area (Å²) in [5, 5.41) is 8.55. The van der Waals surface area contributed by atoms with Crippen molar-refractivity contribution < 1.29 is 9.18 Å². The summed E-state index contributed by atoms with van der Waals surface area (Å²) in [4.78, 5) is 30.3. The van der Waals surface area contributed by atoms with E-state index in [-0.39, 0.29) is 29.7 Å². The van der Waals surface area contributed by atoms with E-state index in [2.05, 4.69) is 15.4 Å². The van der Waals surface area contributed by atoms with Crippen LogP contribution < -0.4 is 10.9 Å². The van der Waals surface area contributed by atoms with Gasteiger partial charge >= 0.3 is 0 Å². The first-order chi connectivity index (χ1) is 15.0. The van der Waals surface area contributed by atoms with Gasteiger partial charge in [0.2, 0.25) is 5.91 Å². The second-order valence-corrected chi connectivity index (χ2v) is 8.49. The highest BCUT2D eigenvalue weighted by Gasteiger charge is 2.29. The zero-order chi connectivity index (χ0) is 21.5. The maximum absolute atomic E-state index is 13.2. The Bertz CT molecular complexity index is 1350. The van der Waals surface area contributed by atoms with Gasteiger partial charge in [0.15, 0.2) is 10.8 Å². The fourth-order valence-electron chi connectivity index (χ4n) is 3.51. The first kappa shape index (κ1) is 19.8. The van der Waals surface area contributed by atoms with Crippen molar-refractivity contribution in [3.63, 3.8) is 0 Å². The van der Waals surface area contributed by atoms with Gasteiger partial charge in [-0.05, 0) is 48.5 Å². The van der Waals surface area contributed by atoms with Crippen LogP contribution in [-0.4, -0.2) is 31.0 Å². The van der Waals surface area contributed by atoms with Crippen LogP contribution >= 0.6 is 23.4 Å². The third-order valence-corrected chi connectivity index (χ3v) is 6.34. The number of nitrogens with zero attached hydrogens (tertiary/aromatic N) is 4. The Balaban J connectivity index is 1.44. The molecular weight excluding hydrogens is 441 g/mol. The van der Waals surface area contributed by atoms with E-state index in [0.717, 1.165) is 0 Å². The average Bonchev–Trinajstić information content (AvgIpc) is 3.35. The molecule has 0 radical (unpaired) electrons. The molecule has 0 aliphatic carbocycles. The maximum Gasteiger partial charge on any atom is 0.265 e. The maximum atomic E-state index is 13.2. The molecule has 1 unspecified atom stereocenters. The summed E-state index contributed by atoms with van der Waals surface area (Å²) in [6.45, 7) is 0. The van der Waals surface area contributed by atoms with Crippen molar-refractivity contribution in [3.8, 4) is 5.69 Å². The molecule has 156 valence electrons. The lowest BCUT2D eigenvalue weighted by Crippen LogP contribution is -2.27. The van der Waals surface area contributed by atoms with Crippen LogP contribution in [0.1, 0.15) is 12.5 Å². The second-order valence-electron chi connectivity index (χ2n) is 7.06. The van der Waals surface area contributed by atoms with Crippen molar-refractivity contribution in [1.29, 1.82) is 0 Å². The van der Waals surface area contributed by atoms with Crippen molar-refractivity contribution in [2.24, 2.45) is 0 Å². The van der Waals surface area contributed by atoms with E-state index in [9.17, 15) is 14.0 Å². The quantitative estimate of drug-likeness (QED) is 0.469. The number of fused-ring (bicyclic) bond motifs is 2. The number of thioether (sulfide) groups is 1. The van der Waals surface area contributed by atoms with Crippen LogP contribution in [0, 0.1) is 5.82 Å². The molecule has 10 heteroatoms. The molecule has 4 aromatic rings. The normalized spacial score (nSPS) is 15.2. The standard InChI is InChI=1S/C21H15ClFN5O2S/c22-12-1-5-14(6-2-12)25-18(29)9-16-11-31-21-26-19-17(20(30)27(16)21)10-24-28(19)15-7-3-13(23)4-8-15/h1-8,10,16H,9,11H2,(H,25,29). The zero-order valence-electron chi connectivity index (χ0n) is 16.0. The predicted molar refractivity (Wildman–Crippen MR) is 118 cm³/mol. The number of carbonyl (C=O) groups excluding carboxylic acids is 1. The number of hydrogen-bond acceptors (Lipinski definition) is 5. The summed E-state index contributed by atoms with van der Waals surface area (Å²) in [5.74, 6) is 0.00605. The molecule has 0 saturated carbocycles. The van der Waals surface area contributed by atoms with Gasteiger partial charge in [-0.3, -0.25) is 14.2 Å². The molecule has 5 rings (SSSR count). The molecule has 1 amide bonds. The van der Waals surface area contributed by atoms with E-state index >= 15 is 0 Å². The third kappa shape index (κ3) is 3.70. The van der Waals surface area contributed by atoms with E-state index in [4.69, 9.17) is 11.6 Å². The van der Waals surface area contributed by atoms with E-state index in [1.807, 2.05) is 0 Å². The fourth-order valence-corrected chi connectivity index (χ4v) is 4.77. The molecule has 2 aromatic carbocycles. The van der Waals surface area contributed by atoms with E-state index < -0.39 is 0 Å². The smallest absolute Gasteiger partial charge is 0.265 e. The molecular formula is C21H15ClFN5O2S. The molecule has 7 nitrogen and oxygen atoms in total. The number of amides is 1. The number of aromatic nitrogens is 4. The fraction of sp³-hybridized carbons (Fsp3) is 0.143. The minimum atomic E-state index is -0.357. The van der Waals surface area contributed by atoms with E-state index in [1.54, 1.807) is 41.0 Å². The lowest BCUT2D eigenvalue weighted by atomic mass is 10.2. The molecule has 1 N–H and O–H groups in total. The molecule has 0 bridgehead atoms. The first-order valence-corrected chi connectivity index (χ1v) is 10.8. The topological polar surface area (TPSA) is 81.8 Å². The minimum Gasteiger partial charge on any atom is -0.326 e. The zero-order valence-corrected chi connectivity index (χ0v) is 17.5. The lowest BCUT2D eigenvalue weighted by Gasteiger charge is -2.13. The minimum absolute atomic E-state index is 0.141. The molecule has 3 heterocycles. The molecule has 1 aliphatic heterocycles. The van der Waals surface area contributed by atoms with Gasteiger partial charge in [-0.25, -0.2) is 14.1 Å². The Morgan fingerprint density at radius 1 is 1.19 bits per heavy atom. The van der Waals surface area contributed by atoms with E-state index in [1.165, 1.54) is 34.8 Å². The van der Waals surface area contributed by atoms with Crippen LogP contribution in [0.4, 0.5) is 10.1 Å². The van der Waals surface area contributed by atoms with Gasteiger partial charge in [0.05, 0.1) is 17.9 Å². The van der Waals surface area contributed by atoms with Gasteiger partial charge in [0.25, 0.3) is 5.56 Å². The Morgan fingerprint density at radius 2 is 1.94 bits per heavy atom. The van der Waals surface area contributed by atoms with Gasteiger partial charge in [0, 0.05) is 22.9 Å². The van der Waals surface area contributed by atoms with Crippen molar-refractivity contribution in [2.75, 3.05) is 11.1 Å². The highest BCUT2D eigenvalue weighted by atomic mass is 35.5. The largest absolute Gasteiger partial charge is 0.326 e. The van der Waals surface area contributed by atoms with Crippen LogP contribution in [0.5, 0.6) is 0 Å². The van der Waals surface area contributed by atoms with Gasteiger partial charge in [-0.15, -0.1) is 0 Å². The molecule has 1 atom stereocenters. The van der Waals surface area contributed by atoms with Gasteiger partial charge < -0.3 is 5.32 Å². The summed E-state index contributed by atoms with van der Waals surface area (Å²) in [5.41, 5.74) is 1.40. The van der Waals surface area contributed by atoms with Crippen molar-refractivity contribution in [2.45, 2.75) is 17.6 Å². The lowest BCUT2D eigenvalue weighted by molar-refractivity contribution is -0.116. The highest BCUT2D eigenvalue weighted by Crippen LogP contribution is 2.33. The van der Waals surface area contributed by atoms with Gasteiger partial charge in [0.1, 0.15) is 11.2 Å². The van der Waals surface area contributed by atoms with Gasteiger partial charge in [-0.1, -0.05) is 23.4 Å². The summed E-state index contributed by atoms with van der Waals surface area (Å²) in [7, 11) is 0. The molecule has 0 spiro atoms. The Labute approximate surface area is 184 Å². The van der Waals surface area contributed by atoms with Crippen molar-refractivity contribution in [1.82, 2.24) is 19.3 Å². The molecule has 2 aromatic heterocycles. The SMILES string of the molecule is O=C(CC1CSc2nc3c(cnn3-c3ccc(F)cc3)c(=O)n21)Nc1ccc(Cl)cc1. The molecule has 0 fully saturated rings. The molecule has 0 saturated heterocycles. The number of rotatable bonds is 4. The van der Waals surface area contributed by atoms with E-state index in [0.29, 0.717) is 38.3 Å². The Kier molecular flexibility index (Phi) is 4.99. The summed E-state index contributed by atoms with van der Waals surface area (Å²) < 4.78 is 16.3. The van der Waals surface area contributed by atoms with Crippen LogP contribution in [0.3, 0.4) is 0 Å². The van der Waals surface area contributed by atoms with Crippen molar-refractivity contribution >= 4 is 46.0 Å². The molecule has 1 aliphatic rings. The van der Waals surface area contributed by atoms with Crippen molar-refractivity contribution in [3.05, 3.63) is 75.9 Å². The second kappa shape index (κ2) is 7.82. The number of carbonyl (C=O) groups is 1. The van der Waals surface area contributed by atoms with Crippen LogP contribution in [0.2, 0.25) is 5.02 Å². The first-order valence-electron chi connectivity index (χ1n) is 9.44. The number of anilines is 1. The predicted octanol–water partition coefficient (Wildman–Crippen LogP) is 4.05. The number of nitrogens with one attached hydrogen (secondary N) is 1. The summed E-state index contributed by atoms with van der Waals surface area (Å²) in [6.07, 6.45) is 1.59. The number of hydrogen-bond donors (Lipinski definition) is 1. The van der Waals surface area contributed by atoms with Crippen LogP contribution in [0.25, 0.3) is 16.7 Å². The van der Waals surface area contributed by atoms with Crippen LogP contribution in [-0.2, 0) is 4.79 Å². The number of halogens is 2. The summed E-state index contributed by atoms with van der Waals surface area (Å²) in [6, 6.07) is 12.3. The highest BCUT2D eigenvalue weighted by molar-refractivity contribution is 7.99. The van der Waals surface area contributed by atoms with Crippen LogP contribution in [0.15, 0.2) is 64.7 Å². The third-order valence-electron chi connectivity index (χ3n) is 4.99. The number of benzene rings is 2. The Hall–Kier alpha value is -3.17. The molecule has 31 heavy (non-hydrogen) atoms. The monoisotopic (exact) mass is 455 g/mol. The average molecular weight is 456 g/mol.